The molecule has 1 aliphatic rings. The Hall–Kier alpha value is -1.88. The summed E-state index contributed by atoms with van der Waals surface area (Å²) in [6.07, 6.45) is 2.31. The molecule has 0 saturated carbocycles. The highest BCUT2D eigenvalue weighted by Gasteiger charge is 2.27. The lowest BCUT2D eigenvalue weighted by atomic mass is 10.1. The summed E-state index contributed by atoms with van der Waals surface area (Å²) in [5.74, 6) is 0.454. The van der Waals surface area contributed by atoms with Crippen molar-refractivity contribution in [3.8, 4) is 5.75 Å². The number of hydrogen-bond acceptors (Lipinski definition) is 4. The van der Waals surface area contributed by atoms with E-state index in [1.165, 1.54) is 4.90 Å². The van der Waals surface area contributed by atoms with Crippen molar-refractivity contribution in [2.24, 2.45) is 5.73 Å². The third kappa shape index (κ3) is 3.32. The Morgan fingerprint density at radius 2 is 1.74 bits per heavy atom. The van der Waals surface area contributed by atoms with Crippen LogP contribution in [0, 0.1) is 0 Å². The lowest BCUT2D eigenvalue weighted by Crippen LogP contribution is -2.40. The molecule has 1 aromatic rings. The van der Waals surface area contributed by atoms with Crippen LogP contribution >= 0.6 is 0 Å². The molecular weight excluding hydrogens is 244 g/mol. The van der Waals surface area contributed by atoms with Crippen molar-refractivity contribution in [1.29, 1.82) is 0 Å². The van der Waals surface area contributed by atoms with E-state index in [-0.39, 0.29) is 11.8 Å². The smallest absolute Gasteiger partial charge is 0.233 e. The highest BCUT2D eigenvalue weighted by molar-refractivity contribution is 6.16. The molecular formula is C14H18N2O3. The molecule has 102 valence electrons. The maximum absolute atomic E-state index is 11.8. The Bertz CT molecular complexity index is 440. The average Bonchev–Trinajstić information content (AvgIpc) is 2.40. The van der Waals surface area contributed by atoms with Gasteiger partial charge in [-0.1, -0.05) is 0 Å². The second-order valence-corrected chi connectivity index (χ2v) is 4.46. The Morgan fingerprint density at radius 1 is 1.11 bits per heavy atom. The van der Waals surface area contributed by atoms with Crippen LogP contribution in [0.25, 0.3) is 0 Å². The van der Waals surface area contributed by atoms with Gasteiger partial charge in [0.15, 0.2) is 0 Å². The third-order valence-corrected chi connectivity index (χ3v) is 2.99. The molecule has 2 amide bonds. The summed E-state index contributed by atoms with van der Waals surface area (Å²) >= 11 is 0. The Kier molecular flexibility index (Phi) is 4.52. The van der Waals surface area contributed by atoms with Crippen molar-refractivity contribution in [3.63, 3.8) is 0 Å². The highest BCUT2D eigenvalue weighted by atomic mass is 16.5. The molecule has 1 saturated heterocycles. The first-order valence-electron chi connectivity index (χ1n) is 6.51. The molecule has 1 aromatic carbocycles. The summed E-state index contributed by atoms with van der Waals surface area (Å²) in [6.45, 7) is 1.16. The van der Waals surface area contributed by atoms with Gasteiger partial charge >= 0.3 is 0 Å². The van der Waals surface area contributed by atoms with Gasteiger partial charge in [-0.2, -0.15) is 0 Å². The molecule has 0 bridgehead atoms. The van der Waals surface area contributed by atoms with Crippen LogP contribution in [0.15, 0.2) is 24.3 Å². The van der Waals surface area contributed by atoms with Crippen molar-refractivity contribution in [1.82, 2.24) is 0 Å². The zero-order valence-corrected chi connectivity index (χ0v) is 10.8. The number of nitrogens with zero attached hydrogens (tertiary/aromatic N) is 1. The zero-order chi connectivity index (χ0) is 13.7. The van der Waals surface area contributed by atoms with Crippen molar-refractivity contribution >= 4 is 17.5 Å². The van der Waals surface area contributed by atoms with Gasteiger partial charge in [0.25, 0.3) is 0 Å². The van der Waals surface area contributed by atoms with Crippen LogP contribution in [-0.4, -0.2) is 25.0 Å². The van der Waals surface area contributed by atoms with Gasteiger partial charge in [0.05, 0.1) is 12.3 Å². The summed E-state index contributed by atoms with van der Waals surface area (Å²) in [5, 5.41) is 0. The van der Waals surface area contributed by atoms with E-state index in [0.29, 0.717) is 43.9 Å². The SMILES string of the molecule is NCCCOc1ccc(N2C(=O)CCCC2=O)cc1. The average molecular weight is 262 g/mol. The normalized spacial score (nSPS) is 15.7. The molecule has 0 spiro atoms. The number of carbonyl (C=O) groups is 2. The molecule has 1 fully saturated rings. The van der Waals surface area contributed by atoms with Crippen LogP contribution < -0.4 is 15.4 Å². The van der Waals surface area contributed by atoms with E-state index in [2.05, 4.69) is 0 Å². The van der Waals surface area contributed by atoms with E-state index in [4.69, 9.17) is 10.5 Å². The van der Waals surface area contributed by atoms with Gasteiger partial charge in [0.2, 0.25) is 11.8 Å². The minimum absolute atomic E-state index is 0.131. The van der Waals surface area contributed by atoms with Gasteiger partial charge < -0.3 is 10.5 Å². The van der Waals surface area contributed by atoms with Gasteiger partial charge in [-0.05, 0) is 43.7 Å². The third-order valence-electron chi connectivity index (χ3n) is 2.99. The molecule has 2 rings (SSSR count). The first kappa shape index (κ1) is 13.5. The molecule has 0 radical (unpaired) electrons. The summed E-state index contributed by atoms with van der Waals surface area (Å²) < 4.78 is 5.47. The highest BCUT2D eigenvalue weighted by Crippen LogP contribution is 2.24. The van der Waals surface area contributed by atoms with E-state index in [1.807, 2.05) is 0 Å². The van der Waals surface area contributed by atoms with Crippen LogP contribution in [0.1, 0.15) is 25.7 Å². The first-order chi connectivity index (χ1) is 9.22. The van der Waals surface area contributed by atoms with Crippen LogP contribution in [-0.2, 0) is 9.59 Å². The summed E-state index contributed by atoms with van der Waals surface area (Å²) in [5.41, 5.74) is 6.00. The predicted molar refractivity (Wildman–Crippen MR) is 72.0 cm³/mol. The van der Waals surface area contributed by atoms with Gasteiger partial charge in [-0.25, -0.2) is 0 Å². The first-order valence-corrected chi connectivity index (χ1v) is 6.51. The van der Waals surface area contributed by atoms with E-state index in [0.717, 1.165) is 6.42 Å². The minimum atomic E-state index is -0.131. The fraction of sp³-hybridized carbons (Fsp3) is 0.429. The van der Waals surface area contributed by atoms with Gasteiger partial charge in [-0.15, -0.1) is 0 Å². The number of hydrogen-bond donors (Lipinski definition) is 1. The Balaban J connectivity index is 2.04. The second kappa shape index (κ2) is 6.33. The van der Waals surface area contributed by atoms with Crippen LogP contribution in [0.4, 0.5) is 5.69 Å². The molecule has 0 aromatic heterocycles. The fourth-order valence-corrected chi connectivity index (χ4v) is 2.01. The molecule has 0 aliphatic carbocycles. The molecule has 1 aliphatic heterocycles. The largest absolute Gasteiger partial charge is 0.494 e. The van der Waals surface area contributed by atoms with Crippen molar-refractivity contribution in [2.45, 2.75) is 25.7 Å². The topological polar surface area (TPSA) is 72.6 Å². The quantitative estimate of drug-likeness (QED) is 0.644. The number of nitrogens with two attached hydrogens (primary N) is 1. The summed E-state index contributed by atoms with van der Waals surface area (Å²) in [6, 6.07) is 7.00. The Morgan fingerprint density at radius 3 is 2.32 bits per heavy atom. The van der Waals surface area contributed by atoms with Gasteiger partial charge in [0.1, 0.15) is 5.75 Å². The van der Waals surface area contributed by atoms with Gasteiger partial charge in [-0.3, -0.25) is 14.5 Å². The van der Waals surface area contributed by atoms with Crippen molar-refractivity contribution in [2.75, 3.05) is 18.1 Å². The number of benzene rings is 1. The van der Waals surface area contributed by atoms with E-state index >= 15 is 0 Å². The van der Waals surface area contributed by atoms with E-state index in [9.17, 15) is 9.59 Å². The summed E-state index contributed by atoms with van der Waals surface area (Å²) in [4.78, 5) is 24.8. The number of rotatable bonds is 5. The molecule has 19 heavy (non-hydrogen) atoms. The summed E-state index contributed by atoms with van der Waals surface area (Å²) in [7, 11) is 0. The Labute approximate surface area is 112 Å². The lowest BCUT2D eigenvalue weighted by Gasteiger charge is -2.24. The van der Waals surface area contributed by atoms with E-state index in [1.54, 1.807) is 24.3 Å². The molecule has 0 unspecified atom stereocenters. The van der Waals surface area contributed by atoms with Crippen molar-refractivity contribution < 1.29 is 14.3 Å². The minimum Gasteiger partial charge on any atom is -0.494 e. The second-order valence-electron chi connectivity index (χ2n) is 4.46. The molecule has 5 heteroatoms. The van der Waals surface area contributed by atoms with Crippen LogP contribution in [0.3, 0.4) is 0 Å². The molecule has 1 heterocycles. The number of imide groups is 1. The number of anilines is 1. The van der Waals surface area contributed by atoms with Gasteiger partial charge in [0, 0.05) is 12.8 Å². The zero-order valence-electron chi connectivity index (χ0n) is 10.8. The fourth-order valence-electron chi connectivity index (χ4n) is 2.01. The maximum atomic E-state index is 11.8. The number of amides is 2. The molecule has 5 nitrogen and oxygen atoms in total. The predicted octanol–water partition coefficient (Wildman–Crippen LogP) is 1.46. The number of carbonyl (C=O) groups excluding carboxylic acids is 2. The number of piperidine rings is 1. The van der Waals surface area contributed by atoms with Crippen LogP contribution in [0.2, 0.25) is 0 Å². The lowest BCUT2D eigenvalue weighted by molar-refractivity contribution is -0.129. The maximum Gasteiger partial charge on any atom is 0.233 e. The van der Waals surface area contributed by atoms with Crippen molar-refractivity contribution in [3.05, 3.63) is 24.3 Å². The molecule has 2 N–H and O–H groups in total. The van der Waals surface area contributed by atoms with E-state index < -0.39 is 0 Å². The van der Waals surface area contributed by atoms with Crippen LogP contribution in [0.5, 0.6) is 5.75 Å². The standard InChI is InChI=1S/C14H18N2O3/c15-9-2-10-19-12-7-5-11(6-8-12)16-13(17)3-1-4-14(16)18/h5-8H,1-4,9-10,15H2. The number of ether oxygens (including phenoxy) is 1. The monoisotopic (exact) mass is 262 g/mol. The molecule has 0 atom stereocenters.